The van der Waals surface area contributed by atoms with Crippen molar-refractivity contribution in [2.75, 3.05) is 30.4 Å². The van der Waals surface area contributed by atoms with Gasteiger partial charge in [0.1, 0.15) is 36.3 Å². The van der Waals surface area contributed by atoms with Crippen molar-refractivity contribution in [3.63, 3.8) is 0 Å². The Hall–Kier alpha value is -3.60. The lowest BCUT2D eigenvalue weighted by Crippen LogP contribution is -2.56. The van der Waals surface area contributed by atoms with Gasteiger partial charge in [0.05, 0.1) is 45.2 Å². The minimum absolute atomic E-state index is 0.0234. The van der Waals surface area contributed by atoms with Crippen molar-refractivity contribution in [1.29, 1.82) is 0 Å². The summed E-state index contributed by atoms with van der Waals surface area (Å²) in [6.07, 6.45) is -2.11. The molecule has 26 heteroatoms. The molecule has 2 rings (SSSR count). The fourth-order valence-corrected chi connectivity index (χ4v) is 7.70. The molecule has 8 atom stereocenters. The van der Waals surface area contributed by atoms with Gasteiger partial charge in [-0.05, 0) is 12.8 Å². The van der Waals surface area contributed by atoms with E-state index in [4.69, 9.17) is 20.1 Å². The minimum Gasteiger partial charge on any atom is -0.481 e. The number of nitrogen functional groups attached to an aromatic ring is 1. The highest BCUT2D eigenvalue weighted by molar-refractivity contribution is 8.76. The molecule has 1 aliphatic heterocycles. The van der Waals surface area contributed by atoms with E-state index < -0.39 is 98.2 Å². The van der Waals surface area contributed by atoms with Crippen LogP contribution in [0.25, 0.3) is 0 Å². The molecule has 4 amide bonds. The molecule has 1 saturated heterocycles. The third-order valence-electron chi connectivity index (χ3n) is 7.40. The van der Waals surface area contributed by atoms with E-state index in [1.165, 1.54) is 32.4 Å². The first kappa shape index (κ1) is 48.5. The van der Waals surface area contributed by atoms with E-state index in [0.717, 1.165) is 6.92 Å². The predicted molar refractivity (Wildman–Crippen MR) is 212 cm³/mol. The Bertz CT molecular complexity index is 1710. The number of rotatable bonds is 23. The third kappa shape index (κ3) is 18.1. The number of carboxylic acids is 3. The molecule has 8 unspecified atom stereocenters. The number of hydrogen-bond acceptors (Lipinski definition) is 15. The number of aliphatic hydroxyl groups excluding tert-OH is 1. The van der Waals surface area contributed by atoms with E-state index in [9.17, 15) is 53.7 Å². The Morgan fingerprint density at radius 2 is 1.66 bits per heavy atom. The molecule has 0 spiro atoms. The topological polar surface area (TPSA) is 328 Å². The van der Waals surface area contributed by atoms with E-state index in [2.05, 4.69) is 50.6 Å². The van der Waals surface area contributed by atoms with Crippen LogP contribution in [0.1, 0.15) is 57.2 Å². The molecule has 56 heavy (non-hydrogen) atoms. The summed E-state index contributed by atoms with van der Waals surface area (Å²) >= 11 is 0. The number of aliphatic carboxylic acids is 3. The number of aliphatic hydroxyl groups is 1. The van der Waals surface area contributed by atoms with Gasteiger partial charge in [0.25, 0.3) is 0 Å². The Labute approximate surface area is 333 Å². The molecule has 0 radical (unpaired) electrons. The van der Waals surface area contributed by atoms with E-state index >= 15 is 0 Å². The summed E-state index contributed by atoms with van der Waals surface area (Å²) in [5, 5.41) is 46.8. The van der Waals surface area contributed by atoms with E-state index in [1.54, 1.807) is 0 Å². The standard InChI is InChI=1S/C30H44N7O14P3S2/c1-15(38)33-17(27(45)34-18(10-24(41)42)28(46)35-19(29(47)48)11-25(43)44)5-3-8-55-56-9-6-22(40)32-7-2-4-16-13-37(30(49)36-26(16)31)23-12-20(39)21(51-23)14-50-54(52)53/h13,17-21,23,39H,3,5-12,14,52-53H2,1H3,(H,32,40)(H,33,38)(H,34,45)(H,35,46)(H,41,42)(H,43,44)(H,47,48)(H2,31,36,49). The molecule has 1 aliphatic rings. The van der Waals surface area contributed by atoms with E-state index in [-0.39, 0.29) is 49.7 Å². The van der Waals surface area contributed by atoms with Gasteiger partial charge < -0.3 is 56.7 Å². The van der Waals surface area contributed by atoms with Crippen LogP contribution in [0.15, 0.2) is 11.0 Å². The number of amides is 4. The SMILES string of the molecule is CC(=O)NC(CCCSSCCC(=O)NCC#Cc1cn(C2CC(O)C(COP(P)P)O2)c(=O)nc1N)C(=O)NC(CC(=O)O)C(=O)NC(CC(=O)O)C(=O)O. The normalized spacial score (nSPS) is 17.8. The van der Waals surface area contributed by atoms with Crippen molar-refractivity contribution in [3.05, 3.63) is 22.2 Å². The number of carbonyl (C=O) groups excluding carboxylic acids is 4. The summed E-state index contributed by atoms with van der Waals surface area (Å²) in [6, 6.07) is -4.83. The maximum atomic E-state index is 12.9. The second-order valence-corrected chi connectivity index (χ2v) is 20.4. The molecule has 2 heterocycles. The lowest BCUT2D eigenvalue weighted by atomic mass is 10.1. The zero-order valence-corrected chi connectivity index (χ0v) is 34.7. The number of nitrogens with zero attached hydrogens (tertiary/aromatic N) is 2. The van der Waals surface area contributed by atoms with Gasteiger partial charge in [-0.2, -0.15) is 4.98 Å². The maximum absolute atomic E-state index is 12.9. The van der Waals surface area contributed by atoms with Gasteiger partial charge in [-0.25, -0.2) is 9.59 Å². The minimum atomic E-state index is -1.88. The van der Waals surface area contributed by atoms with Crippen LogP contribution >= 0.6 is 47.0 Å². The van der Waals surface area contributed by atoms with Crippen LogP contribution in [0.5, 0.6) is 0 Å². The van der Waals surface area contributed by atoms with Gasteiger partial charge >= 0.3 is 23.6 Å². The van der Waals surface area contributed by atoms with Crippen molar-refractivity contribution in [2.45, 2.75) is 82.0 Å². The molecule has 1 aromatic heterocycles. The highest BCUT2D eigenvalue weighted by atomic mass is 33.1. The summed E-state index contributed by atoms with van der Waals surface area (Å²) in [5.74, 6) is -1.42. The van der Waals surface area contributed by atoms with Gasteiger partial charge in [0.15, 0.2) is 0 Å². The molecule has 1 fully saturated rings. The number of anilines is 1. The molecule has 0 bridgehead atoms. The Morgan fingerprint density at radius 1 is 1.04 bits per heavy atom. The lowest BCUT2D eigenvalue weighted by molar-refractivity contribution is -0.148. The molecule has 0 aromatic carbocycles. The first-order chi connectivity index (χ1) is 26.4. The van der Waals surface area contributed by atoms with Gasteiger partial charge in [-0.15, -0.1) is 0 Å². The molecule has 0 aliphatic carbocycles. The molecule has 1 aromatic rings. The number of hydrogen-bond donors (Lipinski definition) is 9. The summed E-state index contributed by atoms with van der Waals surface area (Å²) < 4.78 is 12.5. The number of nitrogens with one attached hydrogen (secondary N) is 4. The summed E-state index contributed by atoms with van der Waals surface area (Å²) in [5.41, 5.74) is 5.43. The number of nitrogens with two attached hydrogens (primary N) is 1. The average molecular weight is 884 g/mol. The zero-order valence-electron chi connectivity index (χ0n) is 29.9. The highest BCUT2D eigenvalue weighted by Crippen LogP contribution is 2.54. The van der Waals surface area contributed by atoms with Gasteiger partial charge in [0.2, 0.25) is 23.6 Å². The molecular formula is C30H44N7O14P3S2. The fourth-order valence-electron chi connectivity index (χ4n) is 4.77. The largest absolute Gasteiger partial charge is 0.481 e. The quantitative estimate of drug-likeness (QED) is 0.0275. The monoisotopic (exact) mass is 883 g/mol. The van der Waals surface area contributed by atoms with Crippen LogP contribution in [-0.4, -0.2) is 127 Å². The van der Waals surface area contributed by atoms with Crippen molar-refractivity contribution in [2.24, 2.45) is 0 Å². The summed E-state index contributed by atoms with van der Waals surface area (Å²) in [7, 11) is 6.94. The zero-order chi connectivity index (χ0) is 41.9. The number of carboxylic acid groups (broad SMARTS) is 3. The smallest absolute Gasteiger partial charge is 0.351 e. The summed E-state index contributed by atoms with van der Waals surface area (Å²) in [4.78, 5) is 99.5. The highest BCUT2D eigenvalue weighted by Gasteiger charge is 2.36. The first-order valence-corrected chi connectivity index (χ1v) is 23.5. The predicted octanol–water partition coefficient (Wildman–Crippen LogP) is -1.00. The van der Waals surface area contributed by atoms with Crippen LogP contribution < -0.4 is 32.7 Å². The van der Waals surface area contributed by atoms with Crippen molar-refractivity contribution in [1.82, 2.24) is 30.8 Å². The Balaban J connectivity index is 1.80. The second-order valence-electron chi connectivity index (χ2n) is 11.8. The molecule has 310 valence electrons. The van der Waals surface area contributed by atoms with Crippen LogP contribution in [0.4, 0.5) is 5.82 Å². The van der Waals surface area contributed by atoms with Crippen LogP contribution in [0.3, 0.4) is 0 Å². The van der Waals surface area contributed by atoms with Gasteiger partial charge in [-0.3, -0.25) is 33.3 Å². The van der Waals surface area contributed by atoms with Gasteiger partial charge in [-0.1, -0.05) is 51.3 Å². The maximum Gasteiger partial charge on any atom is 0.351 e. The fraction of sp³-hybridized carbons (Fsp3) is 0.567. The molecule has 0 saturated carbocycles. The van der Waals surface area contributed by atoms with Gasteiger partial charge in [0, 0.05) is 37.5 Å². The van der Waals surface area contributed by atoms with Crippen LogP contribution in [-0.2, 0) is 42.8 Å². The average Bonchev–Trinajstić information content (AvgIpc) is 3.47. The Morgan fingerprint density at radius 3 is 2.29 bits per heavy atom. The molecule has 21 nitrogen and oxygen atoms in total. The first-order valence-electron chi connectivity index (χ1n) is 16.6. The lowest BCUT2D eigenvalue weighted by Gasteiger charge is -2.23. The number of ether oxygens (including phenoxy) is 1. The van der Waals surface area contributed by atoms with E-state index in [1.807, 2.05) is 5.32 Å². The number of aromatic nitrogens is 2. The molecule has 10 N–H and O–H groups in total. The molecular weight excluding hydrogens is 839 g/mol. The number of carbonyl (C=O) groups is 7. The van der Waals surface area contributed by atoms with Crippen LogP contribution in [0, 0.1) is 11.8 Å². The van der Waals surface area contributed by atoms with Crippen LogP contribution in [0.2, 0.25) is 0 Å². The Kier molecular flexibility index (Phi) is 21.6. The third-order valence-corrected chi connectivity index (χ3v) is 11.2. The van der Waals surface area contributed by atoms with E-state index in [0.29, 0.717) is 17.9 Å². The van der Waals surface area contributed by atoms with Crippen molar-refractivity contribution in [3.8, 4) is 11.8 Å². The second kappa shape index (κ2) is 24.9. The van der Waals surface area contributed by atoms with Crippen molar-refractivity contribution < 1.29 is 63.2 Å². The van der Waals surface area contributed by atoms with Crippen molar-refractivity contribution >= 4 is 94.3 Å². The summed E-state index contributed by atoms with van der Waals surface area (Å²) in [6.45, 7) is 1.27.